The highest BCUT2D eigenvalue weighted by Gasteiger charge is 2.18. The Morgan fingerprint density at radius 2 is 2.24 bits per heavy atom. The molecule has 0 saturated carbocycles. The van der Waals surface area contributed by atoms with Gasteiger partial charge in [0.05, 0.1) is 25.9 Å². The zero-order valence-electron chi connectivity index (χ0n) is 9.87. The first-order valence-corrected chi connectivity index (χ1v) is 5.38. The van der Waals surface area contributed by atoms with E-state index in [0.29, 0.717) is 6.61 Å². The number of carbonyl (C=O) groups is 1. The Kier molecular flexibility index (Phi) is 5.50. The van der Waals surface area contributed by atoms with E-state index in [4.69, 9.17) is 9.47 Å². The number of aliphatic hydroxyl groups excluding tert-OH is 1. The van der Waals surface area contributed by atoms with Gasteiger partial charge in [-0.15, -0.1) is 5.10 Å². The van der Waals surface area contributed by atoms with Crippen molar-refractivity contribution in [2.45, 2.75) is 26.5 Å². The maximum Gasteiger partial charge on any atom is 0.378 e. The minimum atomic E-state index is -0.772. The van der Waals surface area contributed by atoms with E-state index in [9.17, 15) is 9.90 Å². The van der Waals surface area contributed by atoms with Crippen LogP contribution >= 0.6 is 0 Å². The van der Waals surface area contributed by atoms with Crippen LogP contribution in [-0.4, -0.2) is 57.2 Å². The van der Waals surface area contributed by atoms with Crippen molar-refractivity contribution >= 4 is 5.97 Å². The smallest absolute Gasteiger partial charge is 0.378 e. The molecule has 8 heteroatoms. The molecule has 8 nitrogen and oxygen atoms in total. The predicted molar refractivity (Wildman–Crippen MR) is 56.3 cm³/mol. The van der Waals surface area contributed by atoms with Gasteiger partial charge in [0.15, 0.2) is 0 Å². The molecule has 1 unspecified atom stereocenters. The van der Waals surface area contributed by atoms with Gasteiger partial charge in [-0.05, 0) is 24.3 Å². The van der Waals surface area contributed by atoms with Crippen LogP contribution in [0.4, 0.5) is 0 Å². The Morgan fingerprint density at radius 1 is 1.47 bits per heavy atom. The van der Waals surface area contributed by atoms with E-state index in [1.807, 2.05) is 6.92 Å². The summed E-state index contributed by atoms with van der Waals surface area (Å²) in [6.07, 6.45) is -0.772. The maximum atomic E-state index is 11.4. The first-order valence-electron chi connectivity index (χ1n) is 5.38. The van der Waals surface area contributed by atoms with Crippen LogP contribution in [0.5, 0.6) is 0 Å². The average Bonchev–Trinajstić information content (AvgIpc) is 2.75. The lowest BCUT2D eigenvalue weighted by atomic mass is 10.4. The molecule has 0 aliphatic heterocycles. The normalized spacial score (nSPS) is 12.4. The summed E-state index contributed by atoms with van der Waals surface area (Å²) in [6, 6.07) is 0. The van der Waals surface area contributed by atoms with Gasteiger partial charge >= 0.3 is 5.97 Å². The summed E-state index contributed by atoms with van der Waals surface area (Å²) in [5.74, 6) is -0.636. The molecule has 1 atom stereocenters. The van der Waals surface area contributed by atoms with Crippen molar-refractivity contribution in [3.8, 4) is 0 Å². The fourth-order valence-electron chi connectivity index (χ4n) is 1.18. The number of esters is 1. The number of ether oxygens (including phenoxy) is 2. The molecular formula is C9H16N4O4. The van der Waals surface area contributed by atoms with E-state index in [0.717, 1.165) is 0 Å². The highest BCUT2D eigenvalue weighted by Crippen LogP contribution is 1.98. The van der Waals surface area contributed by atoms with Gasteiger partial charge in [0, 0.05) is 6.61 Å². The number of aromatic nitrogens is 4. The number of rotatable bonds is 7. The second kappa shape index (κ2) is 6.92. The maximum absolute atomic E-state index is 11.4. The van der Waals surface area contributed by atoms with Gasteiger partial charge in [-0.1, -0.05) is 0 Å². The van der Waals surface area contributed by atoms with Crippen molar-refractivity contribution in [2.75, 3.05) is 19.8 Å². The molecule has 1 aromatic heterocycles. The van der Waals surface area contributed by atoms with Gasteiger partial charge in [-0.25, -0.2) is 9.48 Å². The molecule has 17 heavy (non-hydrogen) atoms. The molecule has 0 bridgehead atoms. The highest BCUT2D eigenvalue weighted by atomic mass is 16.5. The summed E-state index contributed by atoms with van der Waals surface area (Å²) in [5, 5.41) is 20.1. The van der Waals surface area contributed by atoms with Crippen molar-refractivity contribution < 1.29 is 19.4 Å². The fraction of sp³-hybridized carbons (Fsp3) is 0.778. The lowest BCUT2D eigenvalue weighted by molar-refractivity contribution is 0.0291. The second-order valence-electron chi connectivity index (χ2n) is 3.22. The summed E-state index contributed by atoms with van der Waals surface area (Å²) in [4.78, 5) is 11.4. The summed E-state index contributed by atoms with van der Waals surface area (Å²) < 4.78 is 11.0. The first-order chi connectivity index (χ1) is 8.19. The van der Waals surface area contributed by atoms with E-state index in [1.54, 1.807) is 6.92 Å². The number of aliphatic hydroxyl groups is 1. The molecule has 0 aromatic carbocycles. The van der Waals surface area contributed by atoms with Crippen molar-refractivity contribution in [2.24, 2.45) is 0 Å². The summed E-state index contributed by atoms with van der Waals surface area (Å²) in [5.41, 5.74) is 0. The number of carbonyl (C=O) groups excluding carboxylic acids is 1. The summed E-state index contributed by atoms with van der Waals surface area (Å²) >= 11 is 0. The van der Waals surface area contributed by atoms with Crippen LogP contribution in [0.15, 0.2) is 0 Å². The number of tetrazole rings is 1. The van der Waals surface area contributed by atoms with Gasteiger partial charge in [-0.3, -0.25) is 0 Å². The number of hydrogen-bond donors (Lipinski definition) is 1. The minimum Gasteiger partial charge on any atom is -0.460 e. The third-order valence-corrected chi connectivity index (χ3v) is 1.89. The SMILES string of the molecule is CCOCC(O)Cn1nnnc1C(=O)OCC. The molecule has 96 valence electrons. The lowest BCUT2D eigenvalue weighted by Crippen LogP contribution is -2.25. The third-order valence-electron chi connectivity index (χ3n) is 1.89. The summed E-state index contributed by atoms with van der Waals surface area (Å²) in [6.45, 7) is 4.52. The first kappa shape index (κ1) is 13.5. The van der Waals surface area contributed by atoms with Crippen molar-refractivity contribution in [3.63, 3.8) is 0 Å². The van der Waals surface area contributed by atoms with Gasteiger partial charge < -0.3 is 14.6 Å². The topological polar surface area (TPSA) is 99.4 Å². The van der Waals surface area contributed by atoms with Crippen LogP contribution < -0.4 is 0 Å². The standard InChI is InChI=1S/C9H16N4O4/c1-3-16-6-7(14)5-13-8(10-11-12-13)9(15)17-4-2/h7,14H,3-6H2,1-2H3. The minimum absolute atomic E-state index is 0.0256. The quantitative estimate of drug-likeness (QED) is 0.630. The average molecular weight is 244 g/mol. The molecule has 0 spiro atoms. The van der Waals surface area contributed by atoms with Crippen LogP contribution in [0, 0.1) is 0 Å². The Morgan fingerprint density at radius 3 is 2.88 bits per heavy atom. The zero-order chi connectivity index (χ0) is 12.7. The Labute approximate surface area is 98.5 Å². The largest absolute Gasteiger partial charge is 0.460 e. The van der Waals surface area contributed by atoms with Gasteiger partial charge in [0.2, 0.25) is 0 Å². The number of hydrogen-bond acceptors (Lipinski definition) is 7. The molecule has 0 amide bonds. The van der Waals surface area contributed by atoms with Crippen molar-refractivity contribution in [1.29, 1.82) is 0 Å². The highest BCUT2D eigenvalue weighted by molar-refractivity contribution is 5.85. The molecule has 0 fully saturated rings. The number of nitrogens with zero attached hydrogens (tertiary/aromatic N) is 4. The van der Waals surface area contributed by atoms with Crippen LogP contribution in [0.25, 0.3) is 0 Å². The zero-order valence-corrected chi connectivity index (χ0v) is 9.87. The van der Waals surface area contributed by atoms with E-state index >= 15 is 0 Å². The predicted octanol–water partition coefficient (Wildman–Crippen LogP) is -0.753. The monoisotopic (exact) mass is 244 g/mol. The summed E-state index contributed by atoms with van der Waals surface area (Å²) in [7, 11) is 0. The molecule has 1 aromatic rings. The van der Waals surface area contributed by atoms with Gasteiger partial charge in [0.1, 0.15) is 0 Å². The Balaban J connectivity index is 2.59. The molecular weight excluding hydrogens is 228 g/mol. The molecule has 0 radical (unpaired) electrons. The fourth-order valence-corrected chi connectivity index (χ4v) is 1.18. The van der Waals surface area contributed by atoms with E-state index in [2.05, 4.69) is 15.5 Å². The van der Waals surface area contributed by atoms with Crippen LogP contribution in [0.1, 0.15) is 24.5 Å². The lowest BCUT2D eigenvalue weighted by Gasteiger charge is -2.10. The van der Waals surface area contributed by atoms with E-state index < -0.39 is 12.1 Å². The Bertz CT molecular complexity index is 355. The van der Waals surface area contributed by atoms with Gasteiger partial charge in [-0.2, -0.15) is 0 Å². The van der Waals surface area contributed by atoms with Crippen LogP contribution in [-0.2, 0) is 16.0 Å². The van der Waals surface area contributed by atoms with Gasteiger partial charge in [0.25, 0.3) is 5.82 Å². The Hall–Kier alpha value is -1.54. The molecule has 1 heterocycles. The van der Waals surface area contributed by atoms with E-state index in [1.165, 1.54) is 4.68 Å². The third kappa shape index (κ3) is 4.08. The van der Waals surface area contributed by atoms with Crippen molar-refractivity contribution in [1.82, 2.24) is 20.2 Å². The van der Waals surface area contributed by atoms with Crippen LogP contribution in [0.3, 0.4) is 0 Å². The molecule has 0 aliphatic carbocycles. The van der Waals surface area contributed by atoms with Crippen LogP contribution in [0.2, 0.25) is 0 Å². The molecule has 1 N–H and O–H groups in total. The van der Waals surface area contributed by atoms with Crippen molar-refractivity contribution in [3.05, 3.63) is 5.82 Å². The molecule has 0 aliphatic rings. The van der Waals surface area contributed by atoms with E-state index in [-0.39, 0.29) is 25.6 Å². The second-order valence-corrected chi connectivity index (χ2v) is 3.22. The molecule has 1 rings (SSSR count). The molecule has 0 saturated heterocycles.